The largest absolute Gasteiger partial charge is 0.495 e. The van der Waals surface area contributed by atoms with Crippen molar-refractivity contribution in [2.45, 2.75) is 46.2 Å². The Morgan fingerprint density at radius 3 is 2.56 bits per heavy atom. The highest BCUT2D eigenvalue weighted by Crippen LogP contribution is 2.32. The number of urea groups is 1. The molecule has 0 atom stereocenters. The Bertz CT molecular complexity index is 1080. The standard InChI is InChI=1S/C26H29N3O2S/c1-26(2,3)15-14-20-11-10-19(16-23(20)31-4)17-28-24(27-21-12-13-21)32-18-29(25(28)30)22-8-6-5-7-9-22/h5-11,16,21H,12-13,17-18H2,1-4H3. The van der Waals surface area contributed by atoms with Crippen molar-refractivity contribution in [1.29, 1.82) is 0 Å². The summed E-state index contributed by atoms with van der Waals surface area (Å²) in [5.74, 6) is 7.76. The number of thioether (sulfide) groups is 1. The van der Waals surface area contributed by atoms with Crippen LogP contribution in [0.1, 0.15) is 44.7 Å². The molecule has 1 saturated carbocycles. The van der Waals surface area contributed by atoms with E-state index >= 15 is 0 Å². The minimum Gasteiger partial charge on any atom is -0.495 e. The molecule has 2 fully saturated rings. The Morgan fingerprint density at radius 1 is 1.16 bits per heavy atom. The van der Waals surface area contributed by atoms with Gasteiger partial charge < -0.3 is 4.74 Å². The molecule has 0 N–H and O–H groups in total. The molecular formula is C26H29N3O2S. The Morgan fingerprint density at radius 2 is 1.91 bits per heavy atom. The number of carbonyl (C=O) groups is 1. The first kappa shape index (κ1) is 22.3. The van der Waals surface area contributed by atoms with Gasteiger partial charge in [0.2, 0.25) is 0 Å². The number of hydrogen-bond acceptors (Lipinski definition) is 4. The lowest BCUT2D eigenvalue weighted by Crippen LogP contribution is -2.49. The lowest BCUT2D eigenvalue weighted by Gasteiger charge is -2.36. The highest BCUT2D eigenvalue weighted by Gasteiger charge is 2.34. The topological polar surface area (TPSA) is 45.1 Å². The predicted octanol–water partition coefficient (Wildman–Crippen LogP) is 5.74. The number of amides is 2. The van der Waals surface area contributed by atoms with Gasteiger partial charge in [0.1, 0.15) is 5.75 Å². The minimum absolute atomic E-state index is 0.0510. The Labute approximate surface area is 194 Å². The molecule has 166 valence electrons. The van der Waals surface area contributed by atoms with E-state index in [0.717, 1.165) is 40.6 Å². The maximum atomic E-state index is 13.5. The molecule has 0 aromatic heterocycles. The number of carbonyl (C=O) groups excluding carboxylic acids is 1. The zero-order valence-electron chi connectivity index (χ0n) is 19.1. The second-order valence-electron chi connectivity index (χ2n) is 9.08. The highest BCUT2D eigenvalue weighted by atomic mass is 32.2. The van der Waals surface area contributed by atoms with Crippen LogP contribution in [0.15, 0.2) is 53.5 Å². The van der Waals surface area contributed by atoms with Crippen LogP contribution in [0.25, 0.3) is 0 Å². The Hall–Kier alpha value is -2.91. The van der Waals surface area contributed by atoms with E-state index < -0.39 is 0 Å². The van der Waals surface area contributed by atoms with Crippen LogP contribution in [0.2, 0.25) is 0 Å². The van der Waals surface area contributed by atoms with Gasteiger partial charge >= 0.3 is 6.03 Å². The number of nitrogens with zero attached hydrogens (tertiary/aromatic N) is 3. The first-order valence-corrected chi connectivity index (χ1v) is 11.9. The molecule has 5 nitrogen and oxygen atoms in total. The maximum absolute atomic E-state index is 13.5. The lowest BCUT2D eigenvalue weighted by molar-refractivity contribution is 0.226. The van der Waals surface area contributed by atoms with Crippen LogP contribution in [0.3, 0.4) is 0 Å². The summed E-state index contributed by atoms with van der Waals surface area (Å²) in [6.45, 7) is 6.68. The molecule has 0 spiro atoms. The summed E-state index contributed by atoms with van der Waals surface area (Å²) in [4.78, 5) is 21.9. The third kappa shape index (κ3) is 5.46. The molecular weight excluding hydrogens is 418 g/mol. The number of ether oxygens (including phenoxy) is 1. The molecule has 0 bridgehead atoms. The van der Waals surface area contributed by atoms with E-state index in [1.165, 1.54) is 0 Å². The van der Waals surface area contributed by atoms with Crippen molar-refractivity contribution in [3.05, 3.63) is 59.7 Å². The molecule has 1 aliphatic carbocycles. The van der Waals surface area contributed by atoms with Gasteiger partial charge in [0.05, 0.1) is 31.1 Å². The molecule has 1 saturated heterocycles. The van der Waals surface area contributed by atoms with Gasteiger partial charge in [-0.25, -0.2) is 4.79 Å². The van der Waals surface area contributed by atoms with Crippen LogP contribution in [-0.4, -0.2) is 35.1 Å². The fraction of sp³-hybridized carbons (Fsp3) is 0.385. The maximum Gasteiger partial charge on any atom is 0.331 e. The number of aliphatic imine (C=N–C) groups is 1. The van der Waals surface area contributed by atoms with E-state index in [2.05, 4.69) is 32.6 Å². The summed E-state index contributed by atoms with van der Waals surface area (Å²) in [5.41, 5.74) is 2.64. The van der Waals surface area contributed by atoms with Crippen LogP contribution in [0, 0.1) is 17.3 Å². The van der Waals surface area contributed by atoms with Gasteiger partial charge in [0, 0.05) is 11.1 Å². The molecule has 1 heterocycles. The lowest BCUT2D eigenvalue weighted by atomic mass is 9.97. The number of hydrogen-bond donors (Lipinski definition) is 0. The number of rotatable bonds is 5. The van der Waals surface area contributed by atoms with Crippen molar-refractivity contribution in [3.63, 3.8) is 0 Å². The summed E-state index contributed by atoms with van der Waals surface area (Å²) in [5, 5.41) is 0.806. The quantitative estimate of drug-likeness (QED) is 0.549. The second-order valence-corrected chi connectivity index (χ2v) is 10.00. The molecule has 4 rings (SSSR count). The van der Waals surface area contributed by atoms with Crippen molar-refractivity contribution in [1.82, 2.24) is 4.90 Å². The predicted molar refractivity (Wildman–Crippen MR) is 132 cm³/mol. The number of anilines is 1. The van der Waals surface area contributed by atoms with Crippen molar-refractivity contribution in [2.75, 3.05) is 17.9 Å². The first-order valence-electron chi connectivity index (χ1n) is 10.9. The van der Waals surface area contributed by atoms with Gasteiger partial charge in [-0.15, -0.1) is 0 Å². The van der Waals surface area contributed by atoms with Gasteiger partial charge in [-0.3, -0.25) is 14.8 Å². The zero-order chi connectivity index (χ0) is 22.7. The summed E-state index contributed by atoms with van der Waals surface area (Å²) < 4.78 is 5.61. The van der Waals surface area contributed by atoms with Crippen LogP contribution < -0.4 is 9.64 Å². The summed E-state index contributed by atoms with van der Waals surface area (Å²) in [6.07, 6.45) is 2.20. The first-order chi connectivity index (χ1) is 15.3. The normalized spacial score (nSPS) is 17.9. The fourth-order valence-corrected chi connectivity index (χ4v) is 4.28. The molecule has 2 amide bonds. The second kappa shape index (κ2) is 9.30. The van der Waals surface area contributed by atoms with Gasteiger partial charge in [0.25, 0.3) is 0 Å². The number of para-hydroxylation sites is 1. The smallest absolute Gasteiger partial charge is 0.331 e. The van der Waals surface area contributed by atoms with Gasteiger partial charge in [-0.2, -0.15) is 0 Å². The third-order valence-electron chi connectivity index (χ3n) is 5.10. The van der Waals surface area contributed by atoms with Crippen molar-refractivity contribution < 1.29 is 9.53 Å². The third-order valence-corrected chi connectivity index (χ3v) is 6.07. The van der Waals surface area contributed by atoms with Crippen LogP contribution in [-0.2, 0) is 6.54 Å². The van der Waals surface area contributed by atoms with Crippen molar-refractivity contribution >= 4 is 28.6 Å². The number of amidine groups is 1. The van der Waals surface area contributed by atoms with E-state index in [-0.39, 0.29) is 11.4 Å². The van der Waals surface area contributed by atoms with E-state index in [4.69, 9.17) is 9.73 Å². The van der Waals surface area contributed by atoms with Crippen LogP contribution in [0.4, 0.5) is 10.5 Å². The van der Waals surface area contributed by atoms with E-state index in [1.54, 1.807) is 28.7 Å². The summed E-state index contributed by atoms with van der Waals surface area (Å²) in [6, 6.07) is 16.0. The molecule has 0 unspecified atom stereocenters. The highest BCUT2D eigenvalue weighted by molar-refractivity contribution is 8.14. The Kier molecular flexibility index (Phi) is 6.48. The molecule has 6 heteroatoms. The molecule has 32 heavy (non-hydrogen) atoms. The Balaban J connectivity index is 1.61. The van der Waals surface area contributed by atoms with Crippen LogP contribution >= 0.6 is 11.8 Å². The van der Waals surface area contributed by atoms with E-state index in [0.29, 0.717) is 18.5 Å². The van der Waals surface area contributed by atoms with Crippen molar-refractivity contribution in [2.24, 2.45) is 10.4 Å². The monoisotopic (exact) mass is 447 g/mol. The molecule has 2 aliphatic rings. The summed E-state index contributed by atoms with van der Waals surface area (Å²) in [7, 11) is 1.65. The van der Waals surface area contributed by atoms with Crippen molar-refractivity contribution in [3.8, 4) is 17.6 Å². The van der Waals surface area contributed by atoms with E-state index in [9.17, 15) is 4.79 Å². The molecule has 0 radical (unpaired) electrons. The summed E-state index contributed by atoms with van der Waals surface area (Å²) >= 11 is 1.62. The van der Waals surface area contributed by atoms with Gasteiger partial charge in [0.15, 0.2) is 5.17 Å². The van der Waals surface area contributed by atoms with E-state index in [1.807, 2.05) is 48.5 Å². The zero-order valence-corrected chi connectivity index (χ0v) is 19.9. The number of benzene rings is 2. The SMILES string of the molecule is COc1cc(CN2C(=O)N(c3ccccc3)CSC2=NC2CC2)ccc1C#CC(C)(C)C. The van der Waals surface area contributed by atoms with Crippen LogP contribution in [0.5, 0.6) is 5.75 Å². The number of methoxy groups -OCH3 is 1. The average Bonchev–Trinajstić information content (AvgIpc) is 3.59. The fourth-order valence-electron chi connectivity index (χ4n) is 3.25. The van der Waals surface area contributed by atoms with Gasteiger partial charge in [-0.05, 0) is 63.4 Å². The minimum atomic E-state index is -0.0871. The van der Waals surface area contributed by atoms with Gasteiger partial charge in [-0.1, -0.05) is 47.9 Å². The molecule has 2 aromatic carbocycles. The molecule has 1 aliphatic heterocycles. The molecule has 2 aromatic rings. The average molecular weight is 448 g/mol.